The zero-order valence-electron chi connectivity index (χ0n) is 19.6. The molecule has 5 rings (SSSR count). The molecule has 1 fully saturated rings. The molecule has 0 saturated carbocycles. The molecule has 0 aliphatic carbocycles. The SMILES string of the molecule is CCc1ccc(NC(=O)Nc2cccc3c(-c4ccccc4)c(C(=O)N4CCOCC4)[nH]c23)cc1. The van der Waals surface area contributed by atoms with Crippen LogP contribution >= 0.6 is 0 Å². The maximum absolute atomic E-state index is 13.5. The van der Waals surface area contributed by atoms with Gasteiger partial charge in [-0.1, -0.05) is 61.5 Å². The largest absolute Gasteiger partial charge is 0.378 e. The van der Waals surface area contributed by atoms with E-state index in [1.807, 2.05) is 72.8 Å². The van der Waals surface area contributed by atoms with Crippen molar-refractivity contribution in [1.82, 2.24) is 9.88 Å². The molecule has 0 unspecified atom stereocenters. The molecule has 0 spiro atoms. The predicted molar refractivity (Wildman–Crippen MR) is 139 cm³/mol. The van der Waals surface area contributed by atoms with Crippen molar-refractivity contribution in [1.29, 1.82) is 0 Å². The fraction of sp³-hybridized carbons (Fsp3) is 0.214. The minimum absolute atomic E-state index is 0.0743. The topological polar surface area (TPSA) is 86.5 Å². The monoisotopic (exact) mass is 468 g/mol. The number of carbonyl (C=O) groups excluding carboxylic acids is 2. The van der Waals surface area contributed by atoms with Gasteiger partial charge in [0.1, 0.15) is 5.69 Å². The van der Waals surface area contributed by atoms with Crippen LogP contribution in [0.25, 0.3) is 22.0 Å². The van der Waals surface area contributed by atoms with Gasteiger partial charge in [0.05, 0.1) is 24.4 Å². The van der Waals surface area contributed by atoms with Crippen molar-refractivity contribution in [2.24, 2.45) is 0 Å². The molecule has 1 saturated heterocycles. The summed E-state index contributed by atoms with van der Waals surface area (Å²) in [5.74, 6) is -0.0743. The Morgan fingerprint density at radius 2 is 1.66 bits per heavy atom. The van der Waals surface area contributed by atoms with Crippen molar-refractivity contribution in [3.8, 4) is 11.1 Å². The molecule has 3 N–H and O–H groups in total. The van der Waals surface area contributed by atoms with Gasteiger partial charge >= 0.3 is 6.03 Å². The lowest BCUT2D eigenvalue weighted by atomic mass is 10.0. The number of nitrogens with zero attached hydrogens (tertiary/aromatic N) is 1. The number of para-hydroxylation sites is 1. The zero-order valence-corrected chi connectivity index (χ0v) is 19.6. The number of anilines is 2. The Morgan fingerprint density at radius 1 is 0.914 bits per heavy atom. The highest BCUT2D eigenvalue weighted by Crippen LogP contribution is 2.36. The number of aromatic nitrogens is 1. The number of aromatic amines is 1. The minimum atomic E-state index is -0.348. The lowest BCUT2D eigenvalue weighted by Crippen LogP contribution is -2.41. The van der Waals surface area contributed by atoms with Crippen LogP contribution in [0.4, 0.5) is 16.2 Å². The first-order chi connectivity index (χ1) is 17.1. The van der Waals surface area contributed by atoms with E-state index in [0.717, 1.165) is 22.9 Å². The molecule has 0 bridgehead atoms. The fourth-order valence-corrected chi connectivity index (χ4v) is 4.42. The molecular formula is C28H28N4O3. The molecule has 7 nitrogen and oxygen atoms in total. The summed E-state index contributed by atoms with van der Waals surface area (Å²) in [6.07, 6.45) is 0.941. The second-order valence-electron chi connectivity index (χ2n) is 8.50. The van der Waals surface area contributed by atoms with Gasteiger partial charge in [0.2, 0.25) is 0 Å². The normalized spacial score (nSPS) is 13.6. The molecule has 0 atom stereocenters. The number of benzene rings is 3. The maximum Gasteiger partial charge on any atom is 0.323 e. The van der Waals surface area contributed by atoms with E-state index in [9.17, 15) is 9.59 Å². The van der Waals surface area contributed by atoms with Gasteiger partial charge in [-0.15, -0.1) is 0 Å². The number of nitrogens with one attached hydrogen (secondary N) is 3. The first-order valence-corrected chi connectivity index (χ1v) is 11.9. The number of hydrogen-bond donors (Lipinski definition) is 3. The molecule has 0 radical (unpaired) electrons. The molecule has 35 heavy (non-hydrogen) atoms. The van der Waals surface area contributed by atoms with Gasteiger partial charge in [-0.25, -0.2) is 4.79 Å². The second kappa shape index (κ2) is 10.0. The molecule has 1 aromatic heterocycles. The molecule has 178 valence electrons. The van der Waals surface area contributed by atoms with Crippen LogP contribution in [0, 0.1) is 0 Å². The Balaban J connectivity index is 1.50. The smallest absolute Gasteiger partial charge is 0.323 e. The first-order valence-electron chi connectivity index (χ1n) is 11.9. The summed E-state index contributed by atoms with van der Waals surface area (Å²) in [5, 5.41) is 6.70. The maximum atomic E-state index is 13.5. The highest BCUT2D eigenvalue weighted by Gasteiger charge is 2.26. The molecule has 2 heterocycles. The average Bonchev–Trinajstić information content (AvgIpc) is 3.30. The van der Waals surface area contributed by atoms with E-state index in [4.69, 9.17) is 4.74 Å². The van der Waals surface area contributed by atoms with Crippen molar-refractivity contribution in [2.75, 3.05) is 36.9 Å². The van der Waals surface area contributed by atoms with Crippen LogP contribution in [-0.4, -0.2) is 48.1 Å². The number of aryl methyl sites for hydroxylation is 1. The van der Waals surface area contributed by atoms with E-state index in [2.05, 4.69) is 22.5 Å². The van der Waals surface area contributed by atoms with E-state index in [1.54, 1.807) is 4.90 Å². The van der Waals surface area contributed by atoms with Crippen molar-refractivity contribution in [2.45, 2.75) is 13.3 Å². The minimum Gasteiger partial charge on any atom is -0.378 e. The summed E-state index contributed by atoms with van der Waals surface area (Å²) < 4.78 is 5.43. The van der Waals surface area contributed by atoms with Crippen LogP contribution in [0.1, 0.15) is 23.0 Å². The number of hydrogen-bond acceptors (Lipinski definition) is 3. The Labute approximate surface area is 204 Å². The van der Waals surface area contributed by atoms with E-state index in [-0.39, 0.29) is 11.9 Å². The second-order valence-corrected chi connectivity index (χ2v) is 8.50. The zero-order chi connectivity index (χ0) is 24.2. The van der Waals surface area contributed by atoms with Gasteiger partial charge in [-0.2, -0.15) is 0 Å². The number of amides is 3. The Kier molecular flexibility index (Phi) is 6.50. The van der Waals surface area contributed by atoms with Gasteiger partial charge in [0.15, 0.2) is 0 Å². The van der Waals surface area contributed by atoms with Crippen LogP contribution in [0.5, 0.6) is 0 Å². The third-order valence-corrected chi connectivity index (χ3v) is 6.28. The Bertz CT molecular complexity index is 1340. The summed E-state index contributed by atoms with van der Waals surface area (Å²) in [4.78, 5) is 31.5. The van der Waals surface area contributed by atoms with E-state index in [1.165, 1.54) is 5.56 Å². The van der Waals surface area contributed by atoms with Gasteiger partial charge in [0, 0.05) is 29.7 Å². The van der Waals surface area contributed by atoms with Crippen LogP contribution in [0.15, 0.2) is 72.8 Å². The predicted octanol–water partition coefficient (Wildman–Crippen LogP) is 5.51. The number of morpholine rings is 1. The molecule has 3 aromatic carbocycles. The molecule has 1 aliphatic heterocycles. The van der Waals surface area contributed by atoms with Gasteiger partial charge in [0.25, 0.3) is 5.91 Å². The third kappa shape index (κ3) is 4.76. The Hall–Kier alpha value is -4.10. The van der Waals surface area contributed by atoms with Crippen molar-refractivity contribution in [3.63, 3.8) is 0 Å². The van der Waals surface area contributed by atoms with Crippen LogP contribution in [0.3, 0.4) is 0 Å². The highest BCUT2D eigenvalue weighted by atomic mass is 16.5. The summed E-state index contributed by atoms with van der Waals surface area (Å²) in [5.41, 5.74) is 5.51. The van der Waals surface area contributed by atoms with Crippen molar-refractivity contribution >= 4 is 34.2 Å². The number of fused-ring (bicyclic) bond motifs is 1. The Morgan fingerprint density at radius 3 is 2.37 bits per heavy atom. The quantitative estimate of drug-likeness (QED) is 0.361. The van der Waals surface area contributed by atoms with Crippen LogP contribution < -0.4 is 10.6 Å². The molecular weight excluding hydrogens is 440 g/mol. The molecule has 4 aromatic rings. The standard InChI is InChI=1S/C28H28N4O3/c1-2-19-11-13-21(14-12-19)29-28(34)30-23-10-6-9-22-24(20-7-4-3-5-8-20)26(31-25(22)23)27(33)32-15-17-35-18-16-32/h3-14,31H,2,15-18H2,1H3,(H2,29,30,34). The average molecular weight is 469 g/mol. The summed E-state index contributed by atoms with van der Waals surface area (Å²) in [6, 6.07) is 23.0. The third-order valence-electron chi connectivity index (χ3n) is 6.28. The molecule has 7 heteroatoms. The van der Waals surface area contributed by atoms with Crippen LogP contribution in [0.2, 0.25) is 0 Å². The summed E-state index contributed by atoms with van der Waals surface area (Å²) >= 11 is 0. The number of urea groups is 1. The van der Waals surface area contributed by atoms with Gasteiger partial charge < -0.3 is 25.3 Å². The summed E-state index contributed by atoms with van der Waals surface area (Å²) in [7, 11) is 0. The molecule has 1 aliphatic rings. The fourth-order valence-electron chi connectivity index (χ4n) is 4.42. The summed E-state index contributed by atoms with van der Waals surface area (Å²) in [6.45, 7) is 4.24. The molecule has 3 amide bonds. The van der Waals surface area contributed by atoms with Gasteiger partial charge in [-0.05, 0) is 35.7 Å². The van der Waals surface area contributed by atoms with Gasteiger partial charge in [-0.3, -0.25) is 4.79 Å². The first kappa shape index (κ1) is 22.7. The van der Waals surface area contributed by atoms with Crippen LogP contribution in [-0.2, 0) is 11.2 Å². The van der Waals surface area contributed by atoms with E-state index in [0.29, 0.717) is 48.9 Å². The number of ether oxygens (including phenoxy) is 1. The number of H-pyrrole nitrogens is 1. The lowest BCUT2D eigenvalue weighted by Gasteiger charge is -2.26. The van der Waals surface area contributed by atoms with Crippen molar-refractivity contribution < 1.29 is 14.3 Å². The highest BCUT2D eigenvalue weighted by molar-refractivity contribution is 6.14. The van der Waals surface area contributed by atoms with E-state index < -0.39 is 0 Å². The van der Waals surface area contributed by atoms with Crippen molar-refractivity contribution in [3.05, 3.63) is 84.1 Å². The number of rotatable bonds is 5. The number of carbonyl (C=O) groups is 2. The lowest BCUT2D eigenvalue weighted by molar-refractivity contribution is 0.0300. The van der Waals surface area contributed by atoms with E-state index >= 15 is 0 Å².